The van der Waals surface area contributed by atoms with Gasteiger partial charge in [-0.3, -0.25) is 0 Å². The zero-order chi connectivity index (χ0) is 21.6. The molecule has 31 heavy (non-hydrogen) atoms. The average Bonchev–Trinajstić information content (AvgIpc) is 3.28. The van der Waals surface area contributed by atoms with Crippen LogP contribution < -0.4 is 10.6 Å². The van der Waals surface area contributed by atoms with Crippen LogP contribution in [0.25, 0.3) is 11.5 Å². The van der Waals surface area contributed by atoms with Gasteiger partial charge in [-0.05, 0) is 47.5 Å². The van der Waals surface area contributed by atoms with Gasteiger partial charge in [0.15, 0.2) is 0 Å². The fourth-order valence-electron chi connectivity index (χ4n) is 2.96. The molecule has 1 atom stereocenters. The summed E-state index contributed by atoms with van der Waals surface area (Å²) in [5.41, 5.74) is 2.27. The highest BCUT2D eigenvalue weighted by atomic mass is 35.5. The Bertz CT molecular complexity index is 1150. The number of hydrogen-bond donors (Lipinski definition) is 2. The van der Waals surface area contributed by atoms with Crippen molar-refractivity contribution in [1.29, 1.82) is 0 Å². The van der Waals surface area contributed by atoms with Crippen LogP contribution in [0.5, 0.6) is 0 Å². The van der Waals surface area contributed by atoms with Gasteiger partial charge < -0.3 is 15.1 Å². The van der Waals surface area contributed by atoms with Gasteiger partial charge in [0.2, 0.25) is 11.8 Å². The lowest BCUT2D eigenvalue weighted by molar-refractivity contribution is 0.236. The van der Waals surface area contributed by atoms with E-state index in [0.29, 0.717) is 10.9 Å². The van der Waals surface area contributed by atoms with Crippen LogP contribution in [0.15, 0.2) is 83.3 Å². The smallest absolute Gasteiger partial charge is 0.315 e. The Hall–Kier alpha value is -3.71. The van der Waals surface area contributed by atoms with Gasteiger partial charge in [0.1, 0.15) is 11.9 Å². The summed E-state index contributed by atoms with van der Waals surface area (Å²) in [5.74, 6) is 0.253. The van der Waals surface area contributed by atoms with Gasteiger partial charge in [-0.1, -0.05) is 54.1 Å². The molecule has 4 aromatic rings. The topological polar surface area (TPSA) is 80.0 Å². The number of nitrogens with one attached hydrogen (secondary N) is 2. The number of carbonyl (C=O) groups is 1. The molecular weight excluding hydrogens is 419 g/mol. The summed E-state index contributed by atoms with van der Waals surface area (Å²) in [6.07, 6.45) is 0. The zero-order valence-corrected chi connectivity index (χ0v) is 17.0. The fourth-order valence-corrected chi connectivity index (χ4v) is 3.08. The Morgan fingerprint density at radius 2 is 1.68 bits per heavy atom. The van der Waals surface area contributed by atoms with Crippen molar-refractivity contribution in [3.8, 4) is 11.5 Å². The number of amides is 2. The lowest BCUT2D eigenvalue weighted by Crippen LogP contribution is -2.38. The third-order valence-corrected chi connectivity index (χ3v) is 4.81. The summed E-state index contributed by atoms with van der Waals surface area (Å²) < 4.78 is 18.9. The first kappa shape index (κ1) is 20.6. The Labute approximate surface area is 183 Å². The highest BCUT2D eigenvalue weighted by Gasteiger charge is 2.23. The number of nitrogens with zero attached hydrogens (tertiary/aromatic N) is 2. The molecule has 0 spiro atoms. The molecule has 1 unspecified atom stereocenters. The van der Waals surface area contributed by atoms with Gasteiger partial charge in [-0.25, -0.2) is 9.18 Å². The summed E-state index contributed by atoms with van der Waals surface area (Å²) in [7, 11) is 0. The minimum atomic E-state index is -0.685. The molecule has 0 radical (unpaired) electrons. The molecule has 3 aromatic carbocycles. The second-order valence-electron chi connectivity index (χ2n) is 6.75. The van der Waals surface area contributed by atoms with Crippen molar-refractivity contribution in [2.75, 3.05) is 0 Å². The summed E-state index contributed by atoms with van der Waals surface area (Å²) >= 11 is 6.00. The van der Waals surface area contributed by atoms with E-state index in [9.17, 15) is 9.18 Å². The van der Waals surface area contributed by atoms with Crippen LogP contribution in [0.2, 0.25) is 5.02 Å². The maximum atomic E-state index is 13.1. The Morgan fingerprint density at radius 3 is 2.39 bits per heavy atom. The average molecular weight is 437 g/mol. The van der Waals surface area contributed by atoms with Gasteiger partial charge in [-0.15, -0.1) is 10.2 Å². The molecule has 0 aliphatic carbocycles. The van der Waals surface area contributed by atoms with Crippen molar-refractivity contribution in [3.05, 3.63) is 107 Å². The van der Waals surface area contributed by atoms with Crippen LogP contribution in [0, 0.1) is 5.82 Å². The van der Waals surface area contributed by atoms with Crippen molar-refractivity contribution >= 4 is 17.6 Å². The van der Waals surface area contributed by atoms with Gasteiger partial charge in [0, 0.05) is 17.1 Å². The normalized spacial score (nSPS) is 11.7. The molecule has 2 N–H and O–H groups in total. The lowest BCUT2D eigenvalue weighted by Gasteiger charge is -2.16. The van der Waals surface area contributed by atoms with Crippen LogP contribution in [0.4, 0.5) is 9.18 Å². The van der Waals surface area contributed by atoms with Crippen LogP contribution in [0.3, 0.4) is 0 Å². The molecule has 1 heterocycles. The molecule has 0 saturated carbocycles. The van der Waals surface area contributed by atoms with Crippen molar-refractivity contribution in [2.24, 2.45) is 0 Å². The molecule has 6 nitrogen and oxygen atoms in total. The third-order valence-electron chi connectivity index (χ3n) is 4.55. The first-order valence-electron chi connectivity index (χ1n) is 9.51. The van der Waals surface area contributed by atoms with E-state index in [0.717, 1.165) is 16.7 Å². The van der Waals surface area contributed by atoms with Crippen molar-refractivity contribution < 1.29 is 13.6 Å². The molecule has 0 aliphatic heterocycles. The SMILES string of the molecule is O=C(NCc1ccc(F)cc1)NC(c1ccc(Cl)cc1)c1nnc(-c2ccccc2)o1. The van der Waals surface area contributed by atoms with Gasteiger partial charge in [-0.2, -0.15) is 0 Å². The molecule has 0 saturated heterocycles. The van der Waals surface area contributed by atoms with Gasteiger partial charge in [0.05, 0.1) is 0 Å². The molecule has 156 valence electrons. The first-order chi connectivity index (χ1) is 15.1. The molecule has 0 bridgehead atoms. The maximum absolute atomic E-state index is 13.1. The predicted molar refractivity (Wildman–Crippen MR) is 115 cm³/mol. The predicted octanol–water partition coefficient (Wildman–Crippen LogP) is 5.12. The molecule has 2 amide bonds. The second kappa shape index (κ2) is 9.40. The largest absolute Gasteiger partial charge is 0.418 e. The second-order valence-corrected chi connectivity index (χ2v) is 7.19. The Balaban J connectivity index is 1.53. The summed E-state index contributed by atoms with van der Waals surface area (Å²) in [6.45, 7) is 0.235. The van der Waals surface area contributed by atoms with E-state index < -0.39 is 12.1 Å². The molecule has 0 fully saturated rings. The number of rotatable bonds is 6. The van der Waals surface area contributed by atoms with E-state index >= 15 is 0 Å². The Kier molecular flexibility index (Phi) is 6.24. The number of hydrogen-bond acceptors (Lipinski definition) is 4. The standard InChI is InChI=1S/C23H18ClFN4O2/c24-18-10-8-16(9-11-18)20(22-29-28-21(31-22)17-4-2-1-3-5-17)27-23(30)26-14-15-6-12-19(25)13-7-15/h1-13,20H,14H2,(H2,26,27,30). The number of benzene rings is 3. The van der Waals surface area contributed by atoms with E-state index in [1.165, 1.54) is 12.1 Å². The summed E-state index contributed by atoms with van der Waals surface area (Å²) in [4.78, 5) is 12.6. The van der Waals surface area contributed by atoms with Crippen molar-refractivity contribution in [3.63, 3.8) is 0 Å². The summed E-state index contributed by atoms with van der Waals surface area (Å²) in [6, 6.07) is 21.1. The van der Waals surface area contributed by atoms with Gasteiger partial charge in [0.25, 0.3) is 0 Å². The highest BCUT2D eigenvalue weighted by Crippen LogP contribution is 2.26. The van der Waals surface area contributed by atoms with Crippen LogP contribution >= 0.6 is 11.6 Å². The lowest BCUT2D eigenvalue weighted by atomic mass is 10.1. The van der Waals surface area contributed by atoms with Crippen molar-refractivity contribution in [2.45, 2.75) is 12.6 Å². The van der Waals surface area contributed by atoms with E-state index in [4.69, 9.17) is 16.0 Å². The number of halogens is 2. The van der Waals surface area contributed by atoms with Crippen LogP contribution in [-0.2, 0) is 6.54 Å². The van der Waals surface area contributed by atoms with Crippen LogP contribution in [-0.4, -0.2) is 16.2 Å². The molecule has 0 aliphatic rings. The maximum Gasteiger partial charge on any atom is 0.315 e. The zero-order valence-electron chi connectivity index (χ0n) is 16.3. The first-order valence-corrected chi connectivity index (χ1v) is 9.89. The monoisotopic (exact) mass is 436 g/mol. The highest BCUT2D eigenvalue weighted by molar-refractivity contribution is 6.30. The van der Waals surface area contributed by atoms with E-state index in [-0.39, 0.29) is 18.3 Å². The molecular formula is C23H18ClFN4O2. The number of urea groups is 1. The van der Waals surface area contributed by atoms with Crippen molar-refractivity contribution in [1.82, 2.24) is 20.8 Å². The van der Waals surface area contributed by atoms with Crippen LogP contribution in [0.1, 0.15) is 23.1 Å². The van der Waals surface area contributed by atoms with E-state index in [1.54, 1.807) is 36.4 Å². The third kappa shape index (κ3) is 5.26. The number of carbonyl (C=O) groups excluding carboxylic acids is 1. The molecule has 8 heteroatoms. The van der Waals surface area contributed by atoms with Gasteiger partial charge >= 0.3 is 6.03 Å². The molecule has 4 rings (SSSR count). The Morgan fingerprint density at radius 1 is 0.968 bits per heavy atom. The fraction of sp³-hybridized carbons (Fsp3) is 0.0870. The molecule has 1 aromatic heterocycles. The minimum Gasteiger partial charge on any atom is -0.418 e. The van der Waals surface area contributed by atoms with E-state index in [2.05, 4.69) is 20.8 Å². The summed E-state index contributed by atoms with van der Waals surface area (Å²) in [5, 5.41) is 14.4. The minimum absolute atomic E-state index is 0.234. The number of aromatic nitrogens is 2. The quantitative estimate of drug-likeness (QED) is 0.439. The van der Waals surface area contributed by atoms with E-state index in [1.807, 2.05) is 30.3 Å².